The second-order valence-corrected chi connectivity index (χ2v) is 6.98. The molecule has 0 aliphatic heterocycles. The molecule has 1 aromatic rings. The third-order valence-corrected chi connectivity index (χ3v) is 4.52. The molecule has 0 radical (unpaired) electrons. The number of carbonyl (C=O) groups excluding carboxylic acids is 1. The van der Waals surface area contributed by atoms with Gasteiger partial charge in [-0.05, 0) is 31.4 Å². The Kier molecular flexibility index (Phi) is 4.88. The minimum atomic E-state index is -3.48. The number of alkyl halides is 1. The Morgan fingerprint density at radius 3 is 2.65 bits per heavy atom. The predicted molar refractivity (Wildman–Crippen MR) is 79.7 cm³/mol. The molecule has 1 amide bonds. The van der Waals surface area contributed by atoms with Gasteiger partial charge in [0.25, 0.3) is 5.91 Å². The van der Waals surface area contributed by atoms with Crippen molar-refractivity contribution in [2.24, 2.45) is 0 Å². The average Bonchev–Trinajstić information content (AvgIpc) is 3.20. The number of benzene rings is 1. The Morgan fingerprint density at radius 2 is 2.00 bits per heavy atom. The van der Waals surface area contributed by atoms with Crippen LogP contribution in [-0.2, 0) is 10.0 Å². The lowest BCUT2D eigenvalue weighted by Crippen LogP contribution is -2.27. The molecule has 1 aliphatic carbocycles. The van der Waals surface area contributed by atoms with Crippen LogP contribution in [0.2, 0.25) is 0 Å². The summed E-state index contributed by atoms with van der Waals surface area (Å²) >= 11 is 5.50. The lowest BCUT2D eigenvalue weighted by atomic mass is 10.1. The van der Waals surface area contributed by atoms with E-state index in [4.69, 9.17) is 11.6 Å². The SMILES string of the molecule is O=C(NC1CC1)c1ccccc1NS(=O)(=O)CCCCl. The molecule has 1 aliphatic rings. The van der Waals surface area contributed by atoms with Gasteiger partial charge in [-0.3, -0.25) is 9.52 Å². The van der Waals surface area contributed by atoms with Crippen LogP contribution in [0, 0.1) is 0 Å². The standard InChI is InChI=1S/C13H17ClN2O3S/c14-8-3-9-20(18,19)16-12-5-2-1-4-11(12)13(17)15-10-6-7-10/h1-2,4-5,10,16H,3,6-9H2,(H,15,17). The van der Waals surface area contributed by atoms with E-state index in [0.717, 1.165) is 12.8 Å². The van der Waals surface area contributed by atoms with Crippen LogP contribution >= 0.6 is 11.6 Å². The zero-order valence-corrected chi connectivity index (χ0v) is 12.5. The van der Waals surface area contributed by atoms with E-state index in [1.807, 2.05) is 0 Å². The molecular formula is C13H17ClN2O3S. The molecule has 0 spiro atoms. The highest BCUT2D eigenvalue weighted by atomic mass is 35.5. The molecule has 0 saturated heterocycles. The molecule has 110 valence electrons. The monoisotopic (exact) mass is 316 g/mol. The van der Waals surface area contributed by atoms with Crippen molar-refractivity contribution in [3.8, 4) is 0 Å². The van der Waals surface area contributed by atoms with E-state index in [0.29, 0.717) is 17.7 Å². The lowest BCUT2D eigenvalue weighted by molar-refractivity contribution is 0.0952. The van der Waals surface area contributed by atoms with Crippen molar-refractivity contribution in [1.82, 2.24) is 5.32 Å². The van der Waals surface area contributed by atoms with Crippen molar-refractivity contribution in [2.75, 3.05) is 16.4 Å². The molecule has 0 aromatic heterocycles. The van der Waals surface area contributed by atoms with Crippen molar-refractivity contribution in [2.45, 2.75) is 25.3 Å². The number of hydrogen-bond acceptors (Lipinski definition) is 3. The predicted octanol–water partition coefficient (Wildman–Crippen LogP) is 1.95. The summed E-state index contributed by atoms with van der Waals surface area (Å²) in [6.07, 6.45) is 2.33. The van der Waals surface area contributed by atoms with Gasteiger partial charge in [-0.15, -0.1) is 11.6 Å². The molecule has 20 heavy (non-hydrogen) atoms. The normalized spacial score (nSPS) is 14.8. The molecule has 1 fully saturated rings. The zero-order valence-electron chi connectivity index (χ0n) is 10.9. The molecule has 1 saturated carbocycles. The largest absolute Gasteiger partial charge is 0.349 e. The summed E-state index contributed by atoms with van der Waals surface area (Å²) in [6.45, 7) is 0. The third kappa shape index (κ3) is 4.38. The van der Waals surface area contributed by atoms with Gasteiger partial charge in [0.1, 0.15) is 0 Å². The molecular weight excluding hydrogens is 300 g/mol. The van der Waals surface area contributed by atoms with Crippen LogP contribution in [0.4, 0.5) is 5.69 Å². The molecule has 0 bridgehead atoms. The van der Waals surface area contributed by atoms with Gasteiger partial charge in [0.2, 0.25) is 10.0 Å². The Hall–Kier alpha value is -1.27. The lowest BCUT2D eigenvalue weighted by Gasteiger charge is -2.12. The minimum absolute atomic E-state index is 0.0604. The summed E-state index contributed by atoms with van der Waals surface area (Å²) in [5.41, 5.74) is 0.647. The molecule has 2 rings (SSSR count). The highest BCUT2D eigenvalue weighted by Gasteiger charge is 2.25. The number of amides is 1. The maximum Gasteiger partial charge on any atom is 0.253 e. The fourth-order valence-electron chi connectivity index (χ4n) is 1.72. The molecule has 0 heterocycles. The number of rotatable bonds is 7. The van der Waals surface area contributed by atoms with E-state index in [9.17, 15) is 13.2 Å². The second kappa shape index (κ2) is 6.45. The molecule has 5 nitrogen and oxygen atoms in total. The number of hydrogen-bond donors (Lipinski definition) is 2. The Bertz CT molecular complexity index is 585. The Labute approximate surface area is 123 Å². The van der Waals surface area contributed by atoms with Crippen molar-refractivity contribution < 1.29 is 13.2 Å². The van der Waals surface area contributed by atoms with Crippen LogP contribution in [0.3, 0.4) is 0 Å². The first-order valence-corrected chi connectivity index (χ1v) is 8.67. The van der Waals surface area contributed by atoms with Crippen LogP contribution < -0.4 is 10.0 Å². The van der Waals surface area contributed by atoms with E-state index >= 15 is 0 Å². The Balaban J connectivity index is 2.12. The summed E-state index contributed by atoms with van der Waals surface area (Å²) < 4.78 is 26.2. The smallest absolute Gasteiger partial charge is 0.253 e. The minimum Gasteiger partial charge on any atom is -0.349 e. The number of halogens is 1. The highest BCUT2D eigenvalue weighted by Crippen LogP contribution is 2.22. The van der Waals surface area contributed by atoms with Crippen molar-refractivity contribution >= 4 is 33.2 Å². The summed E-state index contributed by atoms with van der Waals surface area (Å²) in [5.74, 6) is -0.0251. The average molecular weight is 317 g/mol. The quantitative estimate of drug-likeness (QED) is 0.755. The fourth-order valence-corrected chi connectivity index (χ4v) is 3.16. The van der Waals surface area contributed by atoms with Gasteiger partial charge in [-0.1, -0.05) is 12.1 Å². The third-order valence-electron chi connectivity index (χ3n) is 2.90. The maximum absolute atomic E-state index is 12.0. The molecule has 7 heteroatoms. The number of carbonyl (C=O) groups is 1. The van der Waals surface area contributed by atoms with Crippen molar-refractivity contribution in [3.05, 3.63) is 29.8 Å². The van der Waals surface area contributed by atoms with Crippen LogP contribution in [0.5, 0.6) is 0 Å². The molecule has 0 atom stereocenters. The van der Waals surface area contributed by atoms with Crippen LogP contribution in [0.1, 0.15) is 29.6 Å². The van der Waals surface area contributed by atoms with E-state index in [-0.39, 0.29) is 23.6 Å². The first-order valence-electron chi connectivity index (χ1n) is 6.48. The Morgan fingerprint density at radius 1 is 1.30 bits per heavy atom. The van der Waals surface area contributed by atoms with E-state index < -0.39 is 10.0 Å². The van der Waals surface area contributed by atoms with Crippen LogP contribution in [-0.4, -0.2) is 32.0 Å². The van der Waals surface area contributed by atoms with Crippen molar-refractivity contribution in [3.63, 3.8) is 0 Å². The zero-order chi connectivity index (χ0) is 14.6. The van der Waals surface area contributed by atoms with Crippen LogP contribution in [0.15, 0.2) is 24.3 Å². The molecule has 2 N–H and O–H groups in total. The summed E-state index contributed by atoms with van der Waals surface area (Å²) in [5, 5.41) is 2.84. The number of nitrogens with one attached hydrogen (secondary N) is 2. The number of sulfonamides is 1. The van der Waals surface area contributed by atoms with E-state index in [1.165, 1.54) is 0 Å². The van der Waals surface area contributed by atoms with E-state index in [2.05, 4.69) is 10.0 Å². The first kappa shape index (κ1) is 15.1. The topological polar surface area (TPSA) is 75.3 Å². The van der Waals surface area contributed by atoms with E-state index in [1.54, 1.807) is 24.3 Å². The van der Waals surface area contributed by atoms with Gasteiger partial charge < -0.3 is 5.32 Å². The van der Waals surface area contributed by atoms with Gasteiger partial charge in [-0.2, -0.15) is 0 Å². The van der Waals surface area contributed by atoms with Crippen molar-refractivity contribution in [1.29, 1.82) is 0 Å². The maximum atomic E-state index is 12.0. The molecule has 0 unspecified atom stereocenters. The fraction of sp³-hybridized carbons (Fsp3) is 0.462. The first-order chi connectivity index (χ1) is 9.52. The second-order valence-electron chi connectivity index (χ2n) is 4.76. The summed E-state index contributed by atoms with van der Waals surface area (Å²) in [7, 11) is -3.48. The van der Waals surface area contributed by atoms with Gasteiger partial charge >= 0.3 is 0 Å². The van der Waals surface area contributed by atoms with Gasteiger partial charge in [0.15, 0.2) is 0 Å². The highest BCUT2D eigenvalue weighted by molar-refractivity contribution is 7.92. The summed E-state index contributed by atoms with van der Waals surface area (Å²) in [6, 6.07) is 6.81. The summed E-state index contributed by atoms with van der Waals surface area (Å²) in [4.78, 5) is 12.0. The van der Waals surface area contributed by atoms with Crippen LogP contribution in [0.25, 0.3) is 0 Å². The number of para-hydroxylation sites is 1. The molecule has 1 aromatic carbocycles. The van der Waals surface area contributed by atoms with Gasteiger partial charge in [-0.25, -0.2) is 8.42 Å². The number of anilines is 1. The van der Waals surface area contributed by atoms with Gasteiger partial charge in [0.05, 0.1) is 17.0 Å². The van der Waals surface area contributed by atoms with Gasteiger partial charge in [0, 0.05) is 11.9 Å².